The van der Waals surface area contributed by atoms with Gasteiger partial charge in [0.05, 0.1) is 0 Å². The summed E-state index contributed by atoms with van der Waals surface area (Å²) in [5.41, 5.74) is 4.66. The maximum absolute atomic E-state index is 6.09. The first-order valence-electron chi connectivity index (χ1n) is 9.03. The number of rotatable bonds is 4. The van der Waals surface area contributed by atoms with Crippen molar-refractivity contribution in [2.24, 2.45) is 0 Å². The molecule has 1 aromatic heterocycles. The second-order valence-corrected chi connectivity index (χ2v) is 7.97. The molecule has 0 saturated heterocycles. The van der Waals surface area contributed by atoms with Crippen molar-refractivity contribution in [2.75, 3.05) is 16.8 Å². The van der Waals surface area contributed by atoms with Gasteiger partial charge in [-0.1, -0.05) is 46.6 Å². The predicted molar refractivity (Wildman–Crippen MR) is 115 cm³/mol. The maximum atomic E-state index is 6.09. The SMILES string of the molecule is CCc1cc(N2CCc3ccc(Br)cc3C2)nc(Nc2cccc(Cl)c2)n1. The molecule has 4 nitrogen and oxygen atoms in total. The smallest absolute Gasteiger partial charge is 0.229 e. The van der Waals surface area contributed by atoms with Gasteiger partial charge >= 0.3 is 0 Å². The van der Waals surface area contributed by atoms with E-state index in [2.05, 4.69) is 62.3 Å². The predicted octanol–water partition coefficient (Wildman–Crippen LogP) is 5.76. The number of halogens is 2. The molecule has 3 aromatic rings. The van der Waals surface area contributed by atoms with Crippen LogP contribution in [0.5, 0.6) is 0 Å². The minimum atomic E-state index is 0.603. The third-order valence-electron chi connectivity index (χ3n) is 4.71. The van der Waals surface area contributed by atoms with Crippen molar-refractivity contribution in [2.45, 2.75) is 26.3 Å². The number of aromatic nitrogens is 2. The molecule has 0 fully saturated rings. The van der Waals surface area contributed by atoms with Gasteiger partial charge in [0.1, 0.15) is 5.82 Å². The molecule has 0 spiro atoms. The number of benzene rings is 2. The number of aryl methyl sites for hydroxylation is 1. The van der Waals surface area contributed by atoms with Gasteiger partial charge in [0.2, 0.25) is 5.95 Å². The molecule has 0 unspecified atom stereocenters. The first-order valence-corrected chi connectivity index (χ1v) is 10.2. The Labute approximate surface area is 172 Å². The van der Waals surface area contributed by atoms with E-state index < -0.39 is 0 Å². The topological polar surface area (TPSA) is 41.1 Å². The van der Waals surface area contributed by atoms with Crippen molar-refractivity contribution in [1.82, 2.24) is 9.97 Å². The van der Waals surface area contributed by atoms with Crippen molar-refractivity contribution >= 4 is 45.0 Å². The molecule has 1 aliphatic heterocycles. The van der Waals surface area contributed by atoms with E-state index in [0.717, 1.165) is 47.6 Å². The molecule has 0 aliphatic carbocycles. The maximum Gasteiger partial charge on any atom is 0.229 e. The minimum absolute atomic E-state index is 0.603. The second kappa shape index (κ2) is 7.87. The summed E-state index contributed by atoms with van der Waals surface area (Å²) in [7, 11) is 0. The number of nitrogens with one attached hydrogen (secondary N) is 1. The van der Waals surface area contributed by atoms with E-state index in [4.69, 9.17) is 16.6 Å². The monoisotopic (exact) mass is 442 g/mol. The number of anilines is 3. The first kappa shape index (κ1) is 18.3. The Hall–Kier alpha value is -2.11. The lowest BCUT2D eigenvalue weighted by Crippen LogP contribution is -2.31. The number of hydrogen-bond donors (Lipinski definition) is 1. The van der Waals surface area contributed by atoms with E-state index in [1.54, 1.807) is 0 Å². The zero-order valence-electron chi connectivity index (χ0n) is 15.0. The Morgan fingerprint density at radius 2 is 2.00 bits per heavy atom. The fraction of sp³-hybridized carbons (Fsp3) is 0.238. The molecule has 2 aromatic carbocycles. The molecule has 0 amide bonds. The fourth-order valence-electron chi connectivity index (χ4n) is 3.30. The molecular weight excluding hydrogens is 424 g/mol. The highest BCUT2D eigenvalue weighted by molar-refractivity contribution is 9.10. The molecular formula is C21H20BrClN4. The van der Waals surface area contributed by atoms with Crippen molar-refractivity contribution < 1.29 is 0 Å². The fourth-order valence-corrected chi connectivity index (χ4v) is 3.90. The number of hydrogen-bond acceptors (Lipinski definition) is 4. The van der Waals surface area contributed by atoms with E-state index in [0.29, 0.717) is 11.0 Å². The van der Waals surface area contributed by atoms with E-state index in [9.17, 15) is 0 Å². The van der Waals surface area contributed by atoms with Gasteiger partial charge in [0.15, 0.2) is 0 Å². The van der Waals surface area contributed by atoms with E-state index in [1.165, 1.54) is 11.1 Å². The summed E-state index contributed by atoms with van der Waals surface area (Å²) in [5, 5.41) is 3.97. The van der Waals surface area contributed by atoms with Gasteiger partial charge in [-0.3, -0.25) is 0 Å². The Morgan fingerprint density at radius 3 is 2.81 bits per heavy atom. The molecule has 0 radical (unpaired) electrons. The highest BCUT2D eigenvalue weighted by atomic mass is 79.9. The second-order valence-electron chi connectivity index (χ2n) is 6.61. The lowest BCUT2D eigenvalue weighted by atomic mass is 10.00. The quantitative estimate of drug-likeness (QED) is 0.556. The number of nitrogens with zero attached hydrogens (tertiary/aromatic N) is 3. The summed E-state index contributed by atoms with van der Waals surface area (Å²) in [6.45, 7) is 3.91. The highest BCUT2D eigenvalue weighted by Crippen LogP contribution is 2.27. The average molecular weight is 444 g/mol. The third kappa shape index (κ3) is 4.25. The van der Waals surface area contributed by atoms with Crippen LogP contribution in [0.15, 0.2) is 53.0 Å². The van der Waals surface area contributed by atoms with Crippen molar-refractivity contribution in [1.29, 1.82) is 0 Å². The zero-order valence-corrected chi connectivity index (χ0v) is 17.4. The molecule has 4 rings (SSSR count). The molecule has 1 aliphatic rings. The lowest BCUT2D eigenvalue weighted by Gasteiger charge is -2.30. The van der Waals surface area contributed by atoms with Crippen LogP contribution < -0.4 is 10.2 Å². The highest BCUT2D eigenvalue weighted by Gasteiger charge is 2.19. The largest absolute Gasteiger partial charge is 0.352 e. The minimum Gasteiger partial charge on any atom is -0.352 e. The Morgan fingerprint density at radius 1 is 1.11 bits per heavy atom. The van der Waals surface area contributed by atoms with Crippen LogP contribution in [0, 0.1) is 0 Å². The van der Waals surface area contributed by atoms with E-state index in [-0.39, 0.29) is 0 Å². The van der Waals surface area contributed by atoms with Gasteiger partial charge in [-0.15, -0.1) is 0 Å². The van der Waals surface area contributed by atoms with Crippen molar-refractivity contribution in [3.63, 3.8) is 0 Å². The van der Waals surface area contributed by atoms with Gasteiger partial charge in [-0.25, -0.2) is 4.98 Å². The first-order chi connectivity index (χ1) is 13.1. The Balaban J connectivity index is 1.63. The van der Waals surface area contributed by atoms with E-state index in [1.807, 2.05) is 24.3 Å². The van der Waals surface area contributed by atoms with Crippen LogP contribution in [0.2, 0.25) is 5.02 Å². The van der Waals surface area contributed by atoms with Crippen LogP contribution in [0.4, 0.5) is 17.5 Å². The molecule has 138 valence electrons. The van der Waals surface area contributed by atoms with Crippen molar-refractivity contribution in [3.8, 4) is 0 Å². The lowest BCUT2D eigenvalue weighted by molar-refractivity contribution is 0.718. The van der Waals surface area contributed by atoms with Crippen LogP contribution >= 0.6 is 27.5 Å². The molecule has 6 heteroatoms. The van der Waals surface area contributed by atoms with Crippen LogP contribution in [-0.4, -0.2) is 16.5 Å². The molecule has 27 heavy (non-hydrogen) atoms. The summed E-state index contributed by atoms with van der Waals surface area (Å²) in [6, 6.07) is 16.2. The normalized spacial score (nSPS) is 13.4. The molecule has 0 bridgehead atoms. The zero-order chi connectivity index (χ0) is 18.8. The standard InChI is InChI=1S/C21H20BrClN4/c1-2-18-12-20(26-21(24-18)25-19-5-3-4-17(23)11-19)27-9-8-14-6-7-16(22)10-15(14)13-27/h3-7,10-12H,2,8-9,13H2,1H3,(H,24,25,26). The van der Waals surface area contributed by atoms with Gasteiger partial charge in [-0.2, -0.15) is 4.98 Å². The van der Waals surface area contributed by atoms with Gasteiger partial charge in [0.25, 0.3) is 0 Å². The summed E-state index contributed by atoms with van der Waals surface area (Å²) < 4.78 is 1.11. The van der Waals surface area contributed by atoms with Crippen molar-refractivity contribution in [3.05, 3.63) is 74.8 Å². The number of fused-ring (bicyclic) bond motifs is 1. The summed E-state index contributed by atoms with van der Waals surface area (Å²) >= 11 is 9.67. The Bertz CT molecular complexity index is 976. The average Bonchev–Trinajstić information content (AvgIpc) is 2.67. The van der Waals surface area contributed by atoms with Crippen LogP contribution in [-0.2, 0) is 19.4 Å². The van der Waals surface area contributed by atoms with Crippen LogP contribution in [0.25, 0.3) is 0 Å². The Kier molecular flexibility index (Phi) is 5.32. The molecule has 2 heterocycles. The molecule has 0 saturated carbocycles. The summed E-state index contributed by atoms with van der Waals surface area (Å²) in [5.74, 6) is 1.56. The van der Waals surface area contributed by atoms with Gasteiger partial charge < -0.3 is 10.2 Å². The molecule has 1 N–H and O–H groups in total. The van der Waals surface area contributed by atoms with Crippen LogP contribution in [0.1, 0.15) is 23.7 Å². The summed E-state index contributed by atoms with van der Waals surface area (Å²) in [6.07, 6.45) is 1.88. The molecule has 0 atom stereocenters. The van der Waals surface area contributed by atoms with Crippen LogP contribution in [0.3, 0.4) is 0 Å². The van der Waals surface area contributed by atoms with Gasteiger partial charge in [0, 0.05) is 40.0 Å². The summed E-state index contributed by atoms with van der Waals surface area (Å²) in [4.78, 5) is 11.7. The third-order valence-corrected chi connectivity index (χ3v) is 5.44. The van der Waals surface area contributed by atoms with E-state index >= 15 is 0 Å². The van der Waals surface area contributed by atoms with Gasteiger partial charge in [-0.05, 0) is 54.3 Å².